The summed E-state index contributed by atoms with van der Waals surface area (Å²) in [5.41, 5.74) is 0.655. The van der Waals surface area contributed by atoms with Gasteiger partial charge in [0.1, 0.15) is 21.8 Å². The van der Waals surface area contributed by atoms with E-state index in [0.29, 0.717) is 27.7 Å². The van der Waals surface area contributed by atoms with Gasteiger partial charge in [0.2, 0.25) is 4.96 Å². The number of furan rings is 1. The van der Waals surface area contributed by atoms with Gasteiger partial charge < -0.3 is 9.15 Å². The van der Waals surface area contributed by atoms with E-state index < -0.39 is 0 Å². The fraction of sp³-hybridized carbons (Fsp3) is 0.250. The Hall–Kier alpha value is -2.93. The van der Waals surface area contributed by atoms with Gasteiger partial charge in [-0.2, -0.15) is 9.50 Å². The quantitative estimate of drug-likeness (QED) is 0.479. The second-order valence-corrected chi connectivity index (χ2v) is 7.23. The van der Waals surface area contributed by atoms with Gasteiger partial charge >= 0.3 is 0 Å². The summed E-state index contributed by atoms with van der Waals surface area (Å²) in [6.07, 6.45) is 3.85. The molecule has 1 aromatic carbocycles. The highest BCUT2D eigenvalue weighted by atomic mass is 32.1. The molecule has 0 bridgehead atoms. The molecular weight excluding hydrogens is 362 g/mol. The maximum Gasteiger partial charge on any atom is 0.291 e. The van der Waals surface area contributed by atoms with E-state index >= 15 is 0 Å². The van der Waals surface area contributed by atoms with E-state index in [1.54, 1.807) is 6.08 Å². The molecule has 0 spiro atoms. The van der Waals surface area contributed by atoms with Crippen molar-refractivity contribution in [2.75, 3.05) is 6.61 Å². The number of rotatable bonds is 6. The van der Waals surface area contributed by atoms with Crippen molar-refractivity contribution in [3.63, 3.8) is 0 Å². The molecule has 4 rings (SSSR count). The standard InChI is InChI=1S/C20H19N3O3S/c1-3-4-11-25-15-9-6-14(7-10-15)18-21-20-23(22-18)19(24)17(27-20)12-16-8-5-13(2)26-16/h5-10,12H,3-4,11H2,1-2H3/b17-12-. The van der Waals surface area contributed by atoms with Crippen LogP contribution in [0.3, 0.4) is 0 Å². The average Bonchev–Trinajstić information content (AvgIpc) is 3.34. The van der Waals surface area contributed by atoms with Gasteiger partial charge in [0.05, 0.1) is 6.61 Å². The molecule has 0 aliphatic carbocycles. The summed E-state index contributed by atoms with van der Waals surface area (Å²) in [4.78, 5) is 17.6. The number of unbranched alkanes of at least 4 members (excludes halogenated alkanes) is 1. The van der Waals surface area contributed by atoms with Gasteiger partial charge in [0.25, 0.3) is 5.56 Å². The lowest BCUT2D eigenvalue weighted by atomic mass is 10.2. The highest BCUT2D eigenvalue weighted by molar-refractivity contribution is 7.15. The molecule has 4 aromatic rings. The normalized spacial score (nSPS) is 12.1. The molecule has 0 fully saturated rings. The van der Waals surface area contributed by atoms with Crippen LogP contribution in [0.1, 0.15) is 31.3 Å². The number of benzene rings is 1. The minimum absolute atomic E-state index is 0.192. The molecule has 0 atom stereocenters. The molecule has 7 heteroatoms. The number of hydrogen-bond acceptors (Lipinski definition) is 6. The number of aryl methyl sites for hydroxylation is 1. The predicted molar refractivity (Wildman–Crippen MR) is 105 cm³/mol. The molecule has 3 aromatic heterocycles. The molecule has 138 valence electrons. The Kier molecular flexibility index (Phi) is 4.77. The smallest absolute Gasteiger partial charge is 0.291 e. The summed E-state index contributed by atoms with van der Waals surface area (Å²) in [7, 11) is 0. The fourth-order valence-corrected chi connectivity index (χ4v) is 3.54. The zero-order valence-electron chi connectivity index (χ0n) is 15.1. The third-order valence-corrected chi connectivity index (χ3v) is 5.05. The van der Waals surface area contributed by atoms with Crippen LogP contribution >= 0.6 is 11.3 Å². The number of aromatic nitrogens is 3. The van der Waals surface area contributed by atoms with Crippen LogP contribution in [-0.4, -0.2) is 21.2 Å². The van der Waals surface area contributed by atoms with Crippen LogP contribution in [0.5, 0.6) is 5.75 Å². The van der Waals surface area contributed by atoms with Crippen molar-refractivity contribution in [2.24, 2.45) is 0 Å². The third kappa shape index (κ3) is 3.64. The summed E-state index contributed by atoms with van der Waals surface area (Å²) in [5.74, 6) is 2.80. The molecule has 3 heterocycles. The first-order chi connectivity index (χ1) is 13.1. The minimum atomic E-state index is -0.192. The predicted octanol–water partition coefficient (Wildman–Crippen LogP) is 3.45. The van der Waals surface area contributed by atoms with Crippen LogP contribution < -0.4 is 14.8 Å². The molecule has 0 aliphatic heterocycles. The topological polar surface area (TPSA) is 69.6 Å². The van der Waals surface area contributed by atoms with E-state index in [-0.39, 0.29) is 5.56 Å². The number of thiazole rings is 1. The number of fused-ring (bicyclic) bond motifs is 1. The summed E-state index contributed by atoms with van der Waals surface area (Å²) >= 11 is 1.30. The van der Waals surface area contributed by atoms with E-state index in [0.717, 1.165) is 29.9 Å². The van der Waals surface area contributed by atoms with Gasteiger partial charge in [-0.05, 0) is 49.7 Å². The van der Waals surface area contributed by atoms with Crippen LogP contribution in [0, 0.1) is 6.92 Å². The lowest BCUT2D eigenvalue weighted by molar-refractivity contribution is 0.309. The Balaban J connectivity index is 1.61. The molecule has 0 saturated heterocycles. The van der Waals surface area contributed by atoms with Crippen molar-refractivity contribution in [3.8, 4) is 17.1 Å². The first-order valence-corrected chi connectivity index (χ1v) is 9.66. The summed E-state index contributed by atoms with van der Waals surface area (Å²) in [6, 6.07) is 11.3. The molecule has 6 nitrogen and oxygen atoms in total. The lowest BCUT2D eigenvalue weighted by Crippen LogP contribution is -2.23. The van der Waals surface area contributed by atoms with Crippen molar-refractivity contribution in [2.45, 2.75) is 26.7 Å². The molecule has 0 radical (unpaired) electrons. The second kappa shape index (κ2) is 7.36. The maximum atomic E-state index is 12.6. The average molecular weight is 381 g/mol. The Bertz CT molecular complexity index is 1170. The van der Waals surface area contributed by atoms with Gasteiger partial charge in [-0.3, -0.25) is 4.79 Å². The van der Waals surface area contributed by atoms with Crippen LogP contribution in [0.4, 0.5) is 0 Å². The minimum Gasteiger partial charge on any atom is -0.494 e. The van der Waals surface area contributed by atoms with Crippen molar-refractivity contribution in [1.82, 2.24) is 14.6 Å². The number of ether oxygens (including phenoxy) is 1. The lowest BCUT2D eigenvalue weighted by Gasteiger charge is -2.05. The zero-order valence-corrected chi connectivity index (χ0v) is 16.0. The monoisotopic (exact) mass is 381 g/mol. The molecular formula is C20H19N3O3S. The van der Waals surface area contributed by atoms with E-state index in [4.69, 9.17) is 9.15 Å². The molecule has 0 amide bonds. The molecule has 0 N–H and O–H groups in total. The van der Waals surface area contributed by atoms with Crippen LogP contribution in [-0.2, 0) is 0 Å². The van der Waals surface area contributed by atoms with Crippen LogP contribution in [0.25, 0.3) is 22.4 Å². The van der Waals surface area contributed by atoms with Crippen molar-refractivity contribution in [1.29, 1.82) is 0 Å². The summed E-state index contributed by atoms with van der Waals surface area (Å²) in [6.45, 7) is 4.71. The SMILES string of the molecule is CCCCOc1ccc(-c2nc3s/c(=C\c4ccc(C)o4)c(=O)n3n2)cc1. The highest BCUT2D eigenvalue weighted by Crippen LogP contribution is 2.20. The van der Waals surface area contributed by atoms with Gasteiger partial charge in [0, 0.05) is 11.6 Å². The largest absolute Gasteiger partial charge is 0.494 e. The molecule has 0 unspecified atom stereocenters. The Morgan fingerprint density at radius 1 is 1.22 bits per heavy atom. The third-order valence-electron chi connectivity index (χ3n) is 4.10. The van der Waals surface area contributed by atoms with Crippen molar-refractivity contribution in [3.05, 3.63) is 62.8 Å². The highest BCUT2D eigenvalue weighted by Gasteiger charge is 2.12. The van der Waals surface area contributed by atoms with Gasteiger partial charge in [-0.25, -0.2) is 0 Å². The molecule has 27 heavy (non-hydrogen) atoms. The van der Waals surface area contributed by atoms with Crippen molar-refractivity contribution >= 4 is 22.4 Å². The Labute approximate surface area is 159 Å². The number of hydrogen-bond donors (Lipinski definition) is 0. The molecule has 0 saturated carbocycles. The van der Waals surface area contributed by atoms with Gasteiger partial charge in [-0.1, -0.05) is 24.7 Å². The van der Waals surface area contributed by atoms with E-state index in [1.807, 2.05) is 43.3 Å². The van der Waals surface area contributed by atoms with E-state index in [9.17, 15) is 4.79 Å². The zero-order chi connectivity index (χ0) is 18.8. The van der Waals surface area contributed by atoms with E-state index in [1.165, 1.54) is 15.9 Å². The van der Waals surface area contributed by atoms with E-state index in [2.05, 4.69) is 17.0 Å². The first kappa shape index (κ1) is 17.5. The Morgan fingerprint density at radius 2 is 2.04 bits per heavy atom. The summed E-state index contributed by atoms with van der Waals surface area (Å²) < 4.78 is 13.1. The Morgan fingerprint density at radius 3 is 2.70 bits per heavy atom. The van der Waals surface area contributed by atoms with Gasteiger partial charge in [0.15, 0.2) is 5.82 Å². The maximum absolute atomic E-state index is 12.6. The van der Waals surface area contributed by atoms with Crippen LogP contribution in [0.15, 0.2) is 45.6 Å². The van der Waals surface area contributed by atoms with Crippen LogP contribution in [0.2, 0.25) is 0 Å². The fourth-order valence-electron chi connectivity index (χ4n) is 2.65. The first-order valence-electron chi connectivity index (χ1n) is 8.85. The number of nitrogens with zero attached hydrogens (tertiary/aromatic N) is 3. The summed E-state index contributed by atoms with van der Waals surface area (Å²) in [5, 5.41) is 4.37. The second-order valence-electron chi connectivity index (χ2n) is 6.22. The van der Waals surface area contributed by atoms with Gasteiger partial charge in [-0.15, -0.1) is 5.10 Å². The van der Waals surface area contributed by atoms with Crippen molar-refractivity contribution < 1.29 is 9.15 Å². The molecule has 0 aliphatic rings.